The monoisotopic (exact) mass is 332 g/mol. The largest absolute Gasteiger partial charge is 0.492 e. The molecule has 5 heteroatoms. The van der Waals surface area contributed by atoms with Crippen LogP contribution in [0.1, 0.15) is 18.9 Å². The van der Waals surface area contributed by atoms with Crippen LogP contribution in [0, 0.1) is 0 Å². The Balaban J connectivity index is 1.74. The fourth-order valence-electron chi connectivity index (χ4n) is 2.10. The molecule has 0 radical (unpaired) electrons. The van der Waals surface area contributed by atoms with E-state index >= 15 is 0 Å². The maximum absolute atomic E-state index is 12.0. The first-order chi connectivity index (χ1) is 11.2. The van der Waals surface area contributed by atoms with Crippen LogP contribution in [0.4, 0.5) is 5.69 Å². The van der Waals surface area contributed by atoms with E-state index < -0.39 is 0 Å². The van der Waals surface area contributed by atoms with Gasteiger partial charge in [0.2, 0.25) is 5.91 Å². The minimum Gasteiger partial charge on any atom is -0.492 e. The number of anilines is 1. The van der Waals surface area contributed by atoms with E-state index in [4.69, 9.17) is 16.3 Å². The first-order valence-electron chi connectivity index (χ1n) is 7.66. The zero-order chi connectivity index (χ0) is 16.5. The summed E-state index contributed by atoms with van der Waals surface area (Å²) in [7, 11) is 0. The van der Waals surface area contributed by atoms with Crippen molar-refractivity contribution in [3.05, 3.63) is 59.1 Å². The molecule has 0 aliphatic heterocycles. The molecule has 0 aliphatic carbocycles. The Morgan fingerprint density at radius 2 is 1.87 bits per heavy atom. The van der Waals surface area contributed by atoms with E-state index in [-0.39, 0.29) is 5.91 Å². The molecule has 0 aliphatic rings. The standard InChI is InChI=1S/C18H21ClN2O2/c1-2-23-17-6-4-3-5-16(17)21-18(22)11-12-20-13-14-7-9-15(19)10-8-14/h3-10,20H,2,11-13H2,1H3,(H,21,22). The predicted molar refractivity (Wildman–Crippen MR) is 94.0 cm³/mol. The van der Waals surface area contributed by atoms with Gasteiger partial charge in [0.25, 0.3) is 0 Å². The fraction of sp³-hybridized carbons (Fsp3) is 0.278. The average molecular weight is 333 g/mol. The first kappa shape index (κ1) is 17.3. The van der Waals surface area contributed by atoms with Gasteiger partial charge in [-0.3, -0.25) is 4.79 Å². The number of ether oxygens (including phenoxy) is 1. The lowest BCUT2D eigenvalue weighted by atomic mass is 10.2. The molecule has 0 heterocycles. The summed E-state index contributed by atoms with van der Waals surface area (Å²) >= 11 is 5.84. The molecule has 122 valence electrons. The highest BCUT2D eigenvalue weighted by Crippen LogP contribution is 2.23. The van der Waals surface area contributed by atoms with Crippen molar-refractivity contribution in [2.75, 3.05) is 18.5 Å². The maximum atomic E-state index is 12.0. The summed E-state index contributed by atoms with van der Waals surface area (Å²) in [4.78, 5) is 12.0. The molecular weight excluding hydrogens is 312 g/mol. The second kappa shape index (κ2) is 9.18. The van der Waals surface area contributed by atoms with Gasteiger partial charge in [-0.05, 0) is 36.8 Å². The summed E-state index contributed by atoms with van der Waals surface area (Å²) in [6.45, 7) is 3.79. The molecule has 2 rings (SSSR count). The Hall–Kier alpha value is -2.04. The summed E-state index contributed by atoms with van der Waals surface area (Å²) in [6, 6.07) is 15.1. The van der Waals surface area contributed by atoms with Crippen molar-refractivity contribution < 1.29 is 9.53 Å². The molecule has 1 amide bonds. The van der Waals surface area contributed by atoms with Gasteiger partial charge < -0.3 is 15.4 Å². The minimum absolute atomic E-state index is 0.0410. The smallest absolute Gasteiger partial charge is 0.225 e. The van der Waals surface area contributed by atoms with E-state index in [1.165, 1.54) is 0 Å². The number of rotatable bonds is 8. The number of carbonyl (C=O) groups excluding carboxylic acids is 1. The maximum Gasteiger partial charge on any atom is 0.225 e. The molecule has 0 spiro atoms. The molecule has 0 saturated heterocycles. The third-order valence-electron chi connectivity index (χ3n) is 3.23. The molecule has 2 aromatic carbocycles. The molecule has 0 saturated carbocycles. The first-order valence-corrected chi connectivity index (χ1v) is 8.03. The van der Waals surface area contributed by atoms with Crippen LogP contribution in [0.15, 0.2) is 48.5 Å². The lowest BCUT2D eigenvalue weighted by molar-refractivity contribution is -0.116. The van der Waals surface area contributed by atoms with Crippen molar-refractivity contribution >= 4 is 23.2 Å². The van der Waals surface area contributed by atoms with Gasteiger partial charge in [0.15, 0.2) is 0 Å². The topological polar surface area (TPSA) is 50.4 Å². The number of nitrogens with one attached hydrogen (secondary N) is 2. The Morgan fingerprint density at radius 3 is 2.61 bits per heavy atom. The van der Waals surface area contributed by atoms with Gasteiger partial charge >= 0.3 is 0 Å². The summed E-state index contributed by atoms with van der Waals surface area (Å²) < 4.78 is 5.49. The third-order valence-corrected chi connectivity index (χ3v) is 3.48. The number of amides is 1. The lowest BCUT2D eigenvalue weighted by Crippen LogP contribution is -2.21. The second-order valence-electron chi connectivity index (χ2n) is 5.03. The van der Waals surface area contributed by atoms with Crippen molar-refractivity contribution in [2.24, 2.45) is 0 Å². The SMILES string of the molecule is CCOc1ccccc1NC(=O)CCNCc1ccc(Cl)cc1. The lowest BCUT2D eigenvalue weighted by Gasteiger charge is -2.11. The zero-order valence-corrected chi connectivity index (χ0v) is 13.9. The van der Waals surface area contributed by atoms with E-state index in [9.17, 15) is 4.79 Å². The van der Waals surface area contributed by atoms with Crippen molar-refractivity contribution in [1.82, 2.24) is 5.32 Å². The second-order valence-corrected chi connectivity index (χ2v) is 5.47. The Labute approximate surface area is 141 Å². The normalized spacial score (nSPS) is 10.3. The molecule has 23 heavy (non-hydrogen) atoms. The highest BCUT2D eigenvalue weighted by Gasteiger charge is 2.06. The molecule has 2 N–H and O–H groups in total. The van der Waals surface area contributed by atoms with Gasteiger partial charge in [0.1, 0.15) is 5.75 Å². The highest BCUT2D eigenvalue weighted by atomic mass is 35.5. The molecular formula is C18H21ClN2O2. The third kappa shape index (κ3) is 5.93. The highest BCUT2D eigenvalue weighted by molar-refractivity contribution is 6.30. The number of para-hydroxylation sites is 2. The van der Waals surface area contributed by atoms with Crippen LogP contribution in [0.5, 0.6) is 5.75 Å². The van der Waals surface area contributed by atoms with Gasteiger partial charge in [-0.25, -0.2) is 0 Å². The van der Waals surface area contributed by atoms with Crippen molar-refractivity contribution in [3.8, 4) is 5.75 Å². The molecule has 2 aromatic rings. The molecule has 0 unspecified atom stereocenters. The Bertz CT molecular complexity index is 629. The van der Waals surface area contributed by atoms with Crippen molar-refractivity contribution in [1.29, 1.82) is 0 Å². The number of benzene rings is 2. The molecule has 0 fully saturated rings. The van der Waals surface area contributed by atoms with Crippen LogP contribution in [-0.4, -0.2) is 19.1 Å². The fourth-order valence-corrected chi connectivity index (χ4v) is 2.23. The Kier molecular flexibility index (Phi) is 6.91. The average Bonchev–Trinajstić information content (AvgIpc) is 2.55. The number of hydrogen-bond acceptors (Lipinski definition) is 3. The van der Waals surface area contributed by atoms with E-state index in [0.29, 0.717) is 37.6 Å². The van der Waals surface area contributed by atoms with Crippen LogP contribution >= 0.6 is 11.6 Å². The van der Waals surface area contributed by atoms with Crippen LogP contribution in [-0.2, 0) is 11.3 Å². The number of hydrogen-bond donors (Lipinski definition) is 2. The van der Waals surface area contributed by atoms with E-state index in [0.717, 1.165) is 10.6 Å². The van der Waals surface area contributed by atoms with Gasteiger partial charge in [-0.1, -0.05) is 35.9 Å². The van der Waals surface area contributed by atoms with Gasteiger partial charge in [-0.2, -0.15) is 0 Å². The zero-order valence-electron chi connectivity index (χ0n) is 13.1. The number of halogens is 1. The minimum atomic E-state index is -0.0410. The van der Waals surface area contributed by atoms with Crippen LogP contribution in [0.3, 0.4) is 0 Å². The summed E-state index contributed by atoms with van der Waals surface area (Å²) in [5, 5.41) is 6.85. The van der Waals surface area contributed by atoms with Crippen LogP contribution < -0.4 is 15.4 Å². The number of carbonyl (C=O) groups is 1. The van der Waals surface area contributed by atoms with Crippen LogP contribution in [0.25, 0.3) is 0 Å². The van der Waals surface area contributed by atoms with Gasteiger partial charge in [0, 0.05) is 24.5 Å². The summed E-state index contributed by atoms with van der Waals surface area (Å²) in [5.74, 6) is 0.651. The van der Waals surface area contributed by atoms with Gasteiger partial charge in [-0.15, -0.1) is 0 Å². The van der Waals surface area contributed by atoms with Crippen LogP contribution in [0.2, 0.25) is 5.02 Å². The predicted octanol–water partition coefficient (Wildman–Crippen LogP) is 3.86. The van der Waals surface area contributed by atoms with E-state index in [1.54, 1.807) is 0 Å². The Morgan fingerprint density at radius 1 is 1.13 bits per heavy atom. The van der Waals surface area contributed by atoms with E-state index in [1.807, 2.05) is 55.5 Å². The van der Waals surface area contributed by atoms with Crippen molar-refractivity contribution in [2.45, 2.75) is 19.9 Å². The molecule has 0 bridgehead atoms. The molecule has 0 aromatic heterocycles. The van der Waals surface area contributed by atoms with Crippen molar-refractivity contribution in [3.63, 3.8) is 0 Å². The molecule has 0 atom stereocenters. The molecule has 4 nitrogen and oxygen atoms in total. The summed E-state index contributed by atoms with van der Waals surface area (Å²) in [6.07, 6.45) is 0.397. The van der Waals surface area contributed by atoms with E-state index in [2.05, 4.69) is 10.6 Å². The quantitative estimate of drug-likeness (QED) is 0.722. The summed E-state index contributed by atoms with van der Waals surface area (Å²) in [5.41, 5.74) is 1.84. The van der Waals surface area contributed by atoms with Gasteiger partial charge in [0.05, 0.1) is 12.3 Å².